The summed E-state index contributed by atoms with van der Waals surface area (Å²) in [5.74, 6) is 0. The van der Waals surface area contributed by atoms with Crippen molar-refractivity contribution in [2.24, 2.45) is 0 Å². The van der Waals surface area contributed by atoms with E-state index in [1.165, 1.54) is 0 Å². The summed E-state index contributed by atoms with van der Waals surface area (Å²) < 4.78 is 93.1. The third-order valence-electron chi connectivity index (χ3n) is 3.50. The molecular weight excluding hydrogens is 698 g/mol. The van der Waals surface area contributed by atoms with E-state index in [4.69, 9.17) is 58.7 Å². The van der Waals surface area contributed by atoms with Crippen molar-refractivity contribution in [3.8, 4) is 0 Å². The Hall–Kier alpha value is 1.18. The number of hydrogen-bond acceptors (Lipinski definition) is 12. The summed E-state index contributed by atoms with van der Waals surface area (Å²) in [6, 6.07) is 0. The molecule has 24 nitrogen and oxygen atoms in total. The van der Waals surface area contributed by atoms with Crippen LogP contribution in [0, 0.1) is 0 Å². The maximum absolute atomic E-state index is 11.4. The molecule has 0 aromatic heterocycles. The Morgan fingerprint density at radius 3 is 0.432 bits per heavy atom. The minimum atomic E-state index is -6.02. The summed E-state index contributed by atoms with van der Waals surface area (Å²) in [6.07, 6.45) is -18.9. The predicted molar refractivity (Wildman–Crippen MR) is 102 cm³/mol. The molecule has 0 bridgehead atoms. The quantitative estimate of drug-likeness (QED) is 0.0701. The maximum Gasteiger partial charge on any atom is 0.470 e. The van der Waals surface area contributed by atoms with Crippen molar-refractivity contribution in [3.05, 3.63) is 0 Å². The monoisotopic (exact) mass is 716 g/mol. The van der Waals surface area contributed by atoms with Gasteiger partial charge in [0, 0.05) is 17.1 Å². The molecule has 0 heterocycles. The Bertz CT molecular complexity index is 824. The first kappa shape index (κ1) is 38.2. The Morgan fingerprint density at radius 1 is 0.297 bits per heavy atom. The van der Waals surface area contributed by atoms with Gasteiger partial charge in [0.25, 0.3) is 0 Å². The maximum atomic E-state index is 11.4. The van der Waals surface area contributed by atoms with E-state index in [1.54, 1.807) is 0 Å². The average Bonchev–Trinajstić information content (AvgIpc) is 2.51. The normalized spacial score (nSPS) is 28.5. The second-order valence-electron chi connectivity index (χ2n) is 6.36. The minimum absolute atomic E-state index is 0. The Kier molecular flexibility index (Phi) is 13.4. The summed E-state index contributed by atoms with van der Waals surface area (Å²) in [5, 5.41) is 0. The van der Waals surface area contributed by atoms with Crippen molar-refractivity contribution in [1.29, 1.82) is 0 Å². The fraction of sp³-hybridized carbons (Fsp3) is 1.00. The fourth-order valence-electron chi connectivity index (χ4n) is 2.79. The predicted octanol–water partition coefficient (Wildman–Crippen LogP) is -3.14. The van der Waals surface area contributed by atoms with Crippen LogP contribution in [0.2, 0.25) is 0 Å². The standard InChI is InChI=1S/C6H18O24P6.Fe/c7-31(8,9)25-1-2(26-32(10,11)12)4(28-34(16,17)18)6(30-36(22,23)24)5(29-35(19,20)21)3(1)27-33(13,14)15;/h1-6H,(H2,7,8,9)(H2,10,11,12)(H2,13,14,15)(H2,16,17,18)(H2,19,20,21)(H2,22,23,24);/t1-,2-,3-,4+,5-,6-;. The summed E-state index contributed by atoms with van der Waals surface area (Å²) >= 11 is 0. The van der Waals surface area contributed by atoms with E-state index < -0.39 is 83.6 Å². The van der Waals surface area contributed by atoms with Gasteiger partial charge in [0.15, 0.2) is 0 Å². The third kappa shape index (κ3) is 15.1. The van der Waals surface area contributed by atoms with E-state index in [-0.39, 0.29) is 17.1 Å². The van der Waals surface area contributed by atoms with Gasteiger partial charge in [-0.3, -0.25) is 27.1 Å². The molecule has 0 spiro atoms. The zero-order valence-electron chi connectivity index (χ0n) is 16.8. The van der Waals surface area contributed by atoms with Gasteiger partial charge in [-0.15, -0.1) is 0 Å². The van der Waals surface area contributed by atoms with Gasteiger partial charge < -0.3 is 58.7 Å². The Labute approximate surface area is 214 Å². The molecule has 1 rings (SSSR count). The number of phosphoric ester groups is 6. The molecule has 224 valence electrons. The molecular formula is C6H18FeO24P6. The van der Waals surface area contributed by atoms with E-state index in [0.717, 1.165) is 0 Å². The number of hydrogen-bond donors (Lipinski definition) is 12. The van der Waals surface area contributed by atoms with Crippen LogP contribution in [0.4, 0.5) is 0 Å². The van der Waals surface area contributed by atoms with E-state index in [9.17, 15) is 27.4 Å². The first-order valence-corrected chi connectivity index (χ1v) is 17.2. The van der Waals surface area contributed by atoms with Gasteiger partial charge in [0.2, 0.25) is 0 Å². The van der Waals surface area contributed by atoms with Crippen LogP contribution in [0.3, 0.4) is 0 Å². The minimum Gasteiger partial charge on any atom is -0.303 e. The molecule has 12 N–H and O–H groups in total. The molecule has 1 fully saturated rings. The molecule has 0 saturated heterocycles. The van der Waals surface area contributed by atoms with Crippen LogP contribution in [0.15, 0.2) is 0 Å². The summed E-state index contributed by atoms with van der Waals surface area (Å²) in [5.41, 5.74) is 0. The first-order chi connectivity index (χ1) is 15.6. The smallest absolute Gasteiger partial charge is 0.303 e. The van der Waals surface area contributed by atoms with Gasteiger partial charge in [-0.2, -0.15) is 0 Å². The fourth-order valence-corrected chi connectivity index (χ4v) is 6.14. The van der Waals surface area contributed by atoms with Crippen molar-refractivity contribution < 1.29 is 130 Å². The second-order valence-corrected chi connectivity index (χ2v) is 13.5. The zero-order valence-corrected chi connectivity index (χ0v) is 23.2. The van der Waals surface area contributed by atoms with Crippen molar-refractivity contribution >= 4 is 46.9 Å². The van der Waals surface area contributed by atoms with Crippen LogP contribution in [-0.4, -0.2) is 95.3 Å². The van der Waals surface area contributed by atoms with Crippen LogP contribution in [0.25, 0.3) is 0 Å². The van der Waals surface area contributed by atoms with Gasteiger partial charge in [0.1, 0.15) is 36.6 Å². The van der Waals surface area contributed by atoms with Gasteiger partial charge in [0.05, 0.1) is 0 Å². The average molecular weight is 716 g/mol. The van der Waals surface area contributed by atoms with Crippen LogP contribution in [-0.2, 0) is 71.6 Å². The molecule has 37 heavy (non-hydrogen) atoms. The summed E-state index contributed by atoms with van der Waals surface area (Å²) in [4.78, 5) is 110. The molecule has 1 aliphatic carbocycles. The first-order valence-electron chi connectivity index (χ1n) is 8.01. The molecule has 31 heteroatoms. The largest absolute Gasteiger partial charge is 0.470 e. The van der Waals surface area contributed by atoms with E-state index in [0.29, 0.717) is 0 Å². The van der Waals surface area contributed by atoms with E-state index in [1.807, 2.05) is 0 Å². The van der Waals surface area contributed by atoms with Crippen molar-refractivity contribution in [3.63, 3.8) is 0 Å². The topological polar surface area (TPSA) is 401 Å². The number of phosphoric acid groups is 6. The summed E-state index contributed by atoms with van der Waals surface area (Å²) in [6.45, 7) is 0. The molecule has 0 aliphatic heterocycles. The number of rotatable bonds is 12. The van der Waals surface area contributed by atoms with Crippen LogP contribution >= 0.6 is 46.9 Å². The SMILES string of the molecule is O=P(O)(O)O[C@H]1[C@H](OP(=O)(O)O)[C@@H](OP(=O)(O)O)[C@H](OP(=O)(O)O)[C@@H](OP(=O)(O)O)[C@H]1OP(=O)(O)O.[Fe]. The molecule has 0 unspecified atom stereocenters. The molecule has 0 amide bonds. The molecule has 1 aliphatic rings. The van der Waals surface area contributed by atoms with Gasteiger partial charge in [-0.05, 0) is 0 Å². The van der Waals surface area contributed by atoms with Gasteiger partial charge >= 0.3 is 46.9 Å². The zero-order chi connectivity index (χ0) is 28.7. The van der Waals surface area contributed by atoms with Gasteiger partial charge in [-0.25, -0.2) is 27.4 Å². The van der Waals surface area contributed by atoms with Crippen LogP contribution in [0.1, 0.15) is 0 Å². The molecule has 0 radical (unpaired) electrons. The molecule has 1 saturated carbocycles. The van der Waals surface area contributed by atoms with E-state index >= 15 is 0 Å². The van der Waals surface area contributed by atoms with Crippen LogP contribution in [0.5, 0.6) is 0 Å². The summed E-state index contributed by atoms with van der Waals surface area (Å²) in [7, 11) is -36.1. The molecule has 0 atom stereocenters. The third-order valence-corrected chi connectivity index (χ3v) is 6.61. The Morgan fingerprint density at radius 2 is 0.378 bits per heavy atom. The van der Waals surface area contributed by atoms with Crippen LogP contribution < -0.4 is 0 Å². The molecule has 0 aromatic rings. The van der Waals surface area contributed by atoms with Gasteiger partial charge in [-0.1, -0.05) is 0 Å². The Balaban J connectivity index is 0.0000130. The second kappa shape index (κ2) is 13.0. The molecule has 0 aromatic carbocycles. The van der Waals surface area contributed by atoms with Crippen molar-refractivity contribution in [2.75, 3.05) is 0 Å². The van der Waals surface area contributed by atoms with E-state index in [2.05, 4.69) is 27.1 Å². The van der Waals surface area contributed by atoms with Crippen molar-refractivity contribution in [1.82, 2.24) is 0 Å². The van der Waals surface area contributed by atoms with Crippen molar-refractivity contribution in [2.45, 2.75) is 36.6 Å².